The molecule has 0 spiro atoms. The van der Waals surface area contributed by atoms with Gasteiger partial charge in [-0.3, -0.25) is 0 Å². The maximum absolute atomic E-state index is 8.81. The molecule has 0 atom stereocenters. The molecule has 0 aliphatic heterocycles. The Morgan fingerprint density at radius 3 is 2.30 bits per heavy atom. The first-order valence-electron chi connectivity index (χ1n) is 6.02. The quantitative estimate of drug-likeness (QED) is 0.841. The van der Waals surface area contributed by atoms with Crippen LogP contribution in [0, 0.1) is 22.7 Å². The molecule has 4 heteroatoms. The van der Waals surface area contributed by atoms with Gasteiger partial charge in [0.1, 0.15) is 11.5 Å². The molecule has 3 nitrogen and oxygen atoms in total. The zero-order chi connectivity index (χ0) is 14.4. The van der Waals surface area contributed by atoms with Gasteiger partial charge in [0, 0.05) is 10.6 Å². The summed E-state index contributed by atoms with van der Waals surface area (Å²) < 4.78 is 5.76. The summed E-state index contributed by atoms with van der Waals surface area (Å²) in [7, 11) is 0. The van der Waals surface area contributed by atoms with Crippen LogP contribution in [0.25, 0.3) is 0 Å². The minimum Gasteiger partial charge on any atom is -0.457 e. The van der Waals surface area contributed by atoms with Gasteiger partial charge in [-0.15, -0.1) is 0 Å². The lowest BCUT2D eigenvalue weighted by Gasteiger charge is -2.10. The van der Waals surface area contributed by atoms with Crippen molar-refractivity contribution in [3.05, 3.63) is 58.6 Å². The van der Waals surface area contributed by atoms with Crippen LogP contribution in [0.1, 0.15) is 11.1 Å². The Bertz CT molecular complexity index is 681. The van der Waals surface area contributed by atoms with E-state index in [1.807, 2.05) is 12.1 Å². The van der Waals surface area contributed by atoms with Crippen LogP contribution in [0.5, 0.6) is 11.5 Å². The van der Waals surface area contributed by atoms with E-state index < -0.39 is 0 Å². The van der Waals surface area contributed by atoms with Gasteiger partial charge in [0.05, 0.1) is 25.0 Å². The number of ether oxygens (including phenoxy) is 1. The molecule has 0 aromatic heterocycles. The molecule has 0 saturated carbocycles. The fraction of sp³-hybridized carbons (Fsp3) is 0.125. The third kappa shape index (κ3) is 3.51. The molecule has 98 valence electrons. The first kappa shape index (κ1) is 13.9. The minimum absolute atomic E-state index is 0.263. The molecule has 2 aromatic rings. The van der Waals surface area contributed by atoms with E-state index >= 15 is 0 Å². The maximum atomic E-state index is 8.81. The van der Waals surface area contributed by atoms with E-state index in [4.69, 9.17) is 26.9 Å². The Balaban J connectivity index is 2.23. The number of halogens is 1. The lowest BCUT2D eigenvalue weighted by Crippen LogP contribution is -1.91. The first-order valence-corrected chi connectivity index (χ1v) is 6.40. The van der Waals surface area contributed by atoms with Crippen molar-refractivity contribution < 1.29 is 4.74 Å². The van der Waals surface area contributed by atoms with Crippen molar-refractivity contribution in [3.63, 3.8) is 0 Å². The van der Waals surface area contributed by atoms with Crippen LogP contribution >= 0.6 is 11.6 Å². The van der Waals surface area contributed by atoms with Crippen LogP contribution in [0.3, 0.4) is 0 Å². The van der Waals surface area contributed by atoms with Gasteiger partial charge < -0.3 is 4.74 Å². The normalized spacial score (nSPS) is 9.55. The molecule has 2 aromatic carbocycles. The summed E-state index contributed by atoms with van der Waals surface area (Å²) in [6.45, 7) is 0. The van der Waals surface area contributed by atoms with Crippen molar-refractivity contribution in [2.75, 3.05) is 0 Å². The van der Waals surface area contributed by atoms with Gasteiger partial charge in [0.25, 0.3) is 0 Å². The molecule has 0 bridgehead atoms. The van der Waals surface area contributed by atoms with Gasteiger partial charge >= 0.3 is 0 Å². The van der Waals surface area contributed by atoms with Crippen LogP contribution in [0.2, 0.25) is 5.02 Å². The number of hydrogen-bond acceptors (Lipinski definition) is 3. The van der Waals surface area contributed by atoms with Gasteiger partial charge in [-0.1, -0.05) is 29.8 Å². The number of benzene rings is 2. The van der Waals surface area contributed by atoms with Gasteiger partial charge in [-0.2, -0.15) is 10.5 Å². The highest BCUT2D eigenvalue weighted by molar-refractivity contribution is 6.30. The van der Waals surface area contributed by atoms with Crippen LogP contribution in [0.15, 0.2) is 42.5 Å². The number of nitriles is 2. The third-order valence-electron chi connectivity index (χ3n) is 2.73. The second-order valence-electron chi connectivity index (χ2n) is 4.17. The largest absolute Gasteiger partial charge is 0.457 e. The summed E-state index contributed by atoms with van der Waals surface area (Å²) in [5, 5.41) is 18.0. The average molecular weight is 283 g/mol. The third-order valence-corrected chi connectivity index (χ3v) is 2.97. The van der Waals surface area contributed by atoms with Crippen LogP contribution in [-0.4, -0.2) is 0 Å². The minimum atomic E-state index is 0.263. The number of hydrogen-bond donors (Lipinski definition) is 0. The highest BCUT2D eigenvalue weighted by Crippen LogP contribution is 2.29. The van der Waals surface area contributed by atoms with E-state index in [0.717, 1.165) is 11.1 Å². The molecule has 0 heterocycles. The summed E-state index contributed by atoms with van der Waals surface area (Å²) in [4.78, 5) is 0. The van der Waals surface area contributed by atoms with Crippen LogP contribution < -0.4 is 4.74 Å². The van der Waals surface area contributed by atoms with Gasteiger partial charge in [0.15, 0.2) is 0 Å². The van der Waals surface area contributed by atoms with E-state index in [1.54, 1.807) is 30.3 Å². The molecular weight excluding hydrogens is 272 g/mol. The molecule has 20 heavy (non-hydrogen) atoms. The Hall–Kier alpha value is -2.49. The van der Waals surface area contributed by atoms with Crippen LogP contribution in [-0.2, 0) is 12.8 Å². The van der Waals surface area contributed by atoms with Crippen molar-refractivity contribution in [2.24, 2.45) is 0 Å². The molecular formula is C16H11ClN2O. The molecule has 2 rings (SSSR count). The molecule has 0 saturated heterocycles. The molecule has 0 aliphatic carbocycles. The predicted molar refractivity (Wildman–Crippen MR) is 76.6 cm³/mol. The van der Waals surface area contributed by atoms with Gasteiger partial charge in [0.2, 0.25) is 0 Å². The summed E-state index contributed by atoms with van der Waals surface area (Å²) in [5.41, 5.74) is 1.72. The Morgan fingerprint density at radius 1 is 0.950 bits per heavy atom. The smallest absolute Gasteiger partial charge is 0.133 e. The molecule has 0 amide bonds. The molecule has 0 fully saturated rings. The summed E-state index contributed by atoms with van der Waals surface area (Å²) in [6, 6.07) is 16.7. The van der Waals surface area contributed by atoms with Crippen molar-refractivity contribution in [1.82, 2.24) is 0 Å². The topological polar surface area (TPSA) is 56.8 Å². The zero-order valence-electron chi connectivity index (χ0n) is 10.6. The summed E-state index contributed by atoms with van der Waals surface area (Å²) >= 11 is 5.95. The highest BCUT2D eigenvalue weighted by atomic mass is 35.5. The average Bonchev–Trinajstić information content (AvgIpc) is 2.44. The lowest BCUT2D eigenvalue weighted by atomic mass is 10.1. The second kappa shape index (κ2) is 6.61. The van der Waals surface area contributed by atoms with Gasteiger partial charge in [-0.05, 0) is 29.8 Å². The predicted octanol–water partition coefficient (Wildman–Crippen LogP) is 4.26. The Kier molecular flexibility index (Phi) is 4.60. The molecule has 0 unspecified atom stereocenters. The van der Waals surface area contributed by atoms with Gasteiger partial charge in [-0.25, -0.2) is 0 Å². The highest BCUT2D eigenvalue weighted by Gasteiger charge is 2.06. The number of nitrogens with zero attached hydrogens (tertiary/aromatic N) is 2. The Morgan fingerprint density at radius 2 is 1.65 bits per heavy atom. The maximum Gasteiger partial charge on any atom is 0.133 e. The fourth-order valence-corrected chi connectivity index (χ4v) is 1.91. The Labute approximate surface area is 122 Å². The van der Waals surface area contributed by atoms with Crippen molar-refractivity contribution >= 4 is 11.6 Å². The lowest BCUT2D eigenvalue weighted by molar-refractivity contribution is 0.477. The number of rotatable bonds is 4. The first-order chi connectivity index (χ1) is 9.72. The van der Waals surface area contributed by atoms with Crippen LogP contribution in [0.4, 0.5) is 0 Å². The van der Waals surface area contributed by atoms with E-state index in [0.29, 0.717) is 22.9 Å². The molecule has 0 radical (unpaired) electrons. The second-order valence-corrected chi connectivity index (χ2v) is 4.60. The van der Waals surface area contributed by atoms with Crippen molar-refractivity contribution in [2.45, 2.75) is 12.8 Å². The molecule has 0 N–H and O–H groups in total. The van der Waals surface area contributed by atoms with E-state index in [-0.39, 0.29) is 6.42 Å². The van der Waals surface area contributed by atoms with E-state index in [2.05, 4.69) is 12.1 Å². The summed E-state index contributed by atoms with van der Waals surface area (Å²) in [5.74, 6) is 1.22. The monoisotopic (exact) mass is 282 g/mol. The standard InChI is InChI=1S/C16H11ClN2O/c17-14-4-3-13(8-10-19)16(11-14)20-15-5-1-12(2-6-15)7-9-18/h1-6,11H,7-8H2. The SMILES string of the molecule is N#CCc1ccc(Oc2cc(Cl)ccc2CC#N)cc1. The van der Waals surface area contributed by atoms with Crippen molar-refractivity contribution in [1.29, 1.82) is 10.5 Å². The van der Waals surface area contributed by atoms with Crippen molar-refractivity contribution in [3.8, 4) is 23.6 Å². The summed E-state index contributed by atoms with van der Waals surface area (Å²) in [6.07, 6.45) is 0.635. The van der Waals surface area contributed by atoms with E-state index in [1.165, 1.54) is 0 Å². The van der Waals surface area contributed by atoms with E-state index in [9.17, 15) is 0 Å². The zero-order valence-corrected chi connectivity index (χ0v) is 11.4. The fourth-order valence-electron chi connectivity index (χ4n) is 1.75. The molecule has 0 aliphatic rings.